The molecular weight excluding hydrogens is 376 g/mol. The van der Waals surface area contributed by atoms with Gasteiger partial charge in [-0.1, -0.05) is 13.0 Å². The average molecular weight is 400 g/mol. The van der Waals surface area contributed by atoms with Gasteiger partial charge in [0.15, 0.2) is 0 Å². The number of aryl methyl sites for hydroxylation is 1. The highest BCUT2D eigenvalue weighted by Crippen LogP contribution is 2.23. The second-order valence-corrected chi connectivity index (χ2v) is 7.11. The highest BCUT2D eigenvalue weighted by molar-refractivity contribution is 6.05. The van der Waals surface area contributed by atoms with E-state index in [9.17, 15) is 9.59 Å². The number of hydrogen-bond acceptors (Lipinski definition) is 3. The zero-order valence-electron chi connectivity index (χ0n) is 17.3. The first-order chi connectivity index (χ1) is 14.4. The fourth-order valence-corrected chi connectivity index (χ4v) is 3.40. The lowest BCUT2D eigenvalue weighted by Gasteiger charge is -2.11. The van der Waals surface area contributed by atoms with Crippen LogP contribution in [0.25, 0.3) is 5.69 Å². The number of carbonyl (C=O) groups excluding carboxylic acids is 2. The van der Waals surface area contributed by atoms with Crippen LogP contribution in [-0.2, 0) is 4.79 Å². The van der Waals surface area contributed by atoms with Gasteiger partial charge in [0, 0.05) is 34.9 Å². The Labute approximate surface area is 176 Å². The minimum Gasteiger partial charge on any atom is -0.326 e. The number of nitriles is 1. The normalized spacial score (nSPS) is 10.3. The molecule has 0 spiro atoms. The van der Waals surface area contributed by atoms with E-state index in [2.05, 4.69) is 16.7 Å². The fourth-order valence-electron chi connectivity index (χ4n) is 3.40. The molecule has 152 valence electrons. The molecule has 0 aliphatic rings. The third-order valence-corrected chi connectivity index (χ3v) is 4.81. The van der Waals surface area contributed by atoms with Crippen molar-refractivity contribution in [3.05, 3.63) is 77.1 Å². The quantitative estimate of drug-likeness (QED) is 0.613. The summed E-state index contributed by atoms with van der Waals surface area (Å²) in [6, 6.07) is 18.3. The van der Waals surface area contributed by atoms with Gasteiger partial charge in [0.1, 0.15) is 0 Å². The number of benzene rings is 2. The monoisotopic (exact) mass is 400 g/mol. The molecule has 6 nitrogen and oxygen atoms in total. The van der Waals surface area contributed by atoms with Crippen LogP contribution in [0, 0.1) is 25.2 Å². The fraction of sp³-hybridized carbons (Fsp3) is 0.208. The summed E-state index contributed by atoms with van der Waals surface area (Å²) in [5.74, 6) is -0.271. The zero-order valence-corrected chi connectivity index (χ0v) is 17.3. The molecule has 2 aromatic carbocycles. The molecule has 6 heteroatoms. The number of nitrogens with one attached hydrogen (secondary N) is 2. The number of amides is 2. The predicted octanol–water partition coefficient (Wildman–Crippen LogP) is 4.96. The lowest BCUT2D eigenvalue weighted by atomic mass is 10.2. The Kier molecular flexibility index (Phi) is 6.33. The molecule has 0 radical (unpaired) electrons. The summed E-state index contributed by atoms with van der Waals surface area (Å²) in [6.45, 7) is 5.78. The Morgan fingerprint density at radius 2 is 1.67 bits per heavy atom. The van der Waals surface area contributed by atoms with Crippen molar-refractivity contribution in [3.63, 3.8) is 0 Å². The van der Waals surface area contributed by atoms with E-state index < -0.39 is 0 Å². The van der Waals surface area contributed by atoms with Gasteiger partial charge in [-0.15, -0.1) is 0 Å². The SMILES string of the molecule is CCCC(=O)Nc1cccc(NC(=O)c2cc(C)n(-c3ccc(C#N)cc3)c2C)c1. The second-order valence-electron chi connectivity index (χ2n) is 7.11. The Morgan fingerprint density at radius 1 is 1.00 bits per heavy atom. The second kappa shape index (κ2) is 9.10. The molecule has 0 bridgehead atoms. The molecule has 2 N–H and O–H groups in total. The van der Waals surface area contributed by atoms with E-state index in [4.69, 9.17) is 5.26 Å². The molecule has 0 fully saturated rings. The molecule has 2 amide bonds. The number of carbonyl (C=O) groups is 2. The maximum absolute atomic E-state index is 12.9. The maximum Gasteiger partial charge on any atom is 0.257 e. The third-order valence-electron chi connectivity index (χ3n) is 4.81. The molecule has 0 aliphatic heterocycles. The summed E-state index contributed by atoms with van der Waals surface area (Å²) in [6.07, 6.45) is 1.23. The topological polar surface area (TPSA) is 86.9 Å². The van der Waals surface area contributed by atoms with Gasteiger partial charge in [-0.2, -0.15) is 5.26 Å². The molecule has 0 aliphatic carbocycles. The first-order valence-corrected chi connectivity index (χ1v) is 9.83. The van der Waals surface area contributed by atoms with Crippen LogP contribution in [0.5, 0.6) is 0 Å². The third kappa shape index (κ3) is 4.58. The average Bonchev–Trinajstić information content (AvgIpc) is 3.02. The number of nitrogens with zero attached hydrogens (tertiary/aromatic N) is 2. The van der Waals surface area contributed by atoms with E-state index in [1.54, 1.807) is 36.4 Å². The summed E-state index contributed by atoms with van der Waals surface area (Å²) in [5.41, 5.74) is 5.03. The van der Waals surface area contributed by atoms with Crippen molar-refractivity contribution in [2.24, 2.45) is 0 Å². The first kappa shape index (κ1) is 20.9. The van der Waals surface area contributed by atoms with E-state index in [1.807, 2.05) is 43.5 Å². The van der Waals surface area contributed by atoms with Crippen molar-refractivity contribution in [3.8, 4) is 11.8 Å². The summed E-state index contributed by atoms with van der Waals surface area (Å²) in [4.78, 5) is 24.7. The van der Waals surface area contributed by atoms with Crippen molar-refractivity contribution in [1.29, 1.82) is 5.26 Å². The smallest absolute Gasteiger partial charge is 0.257 e. The summed E-state index contributed by atoms with van der Waals surface area (Å²) >= 11 is 0. The van der Waals surface area contributed by atoms with Crippen LogP contribution in [0.4, 0.5) is 11.4 Å². The number of anilines is 2. The number of rotatable bonds is 6. The predicted molar refractivity (Wildman–Crippen MR) is 118 cm³/mol. The van der Waals surface area contributed by atoms with Crippen LogP contribution in [0.15, 0.2) is 54.6 Å². The lowest BCUT2D eigenvalue weighted by molar-refractivity contribution is -0.116. The number of aromatic nitrogens is 1. The van der Waals surface area contributed by atoms with Crippen LogP contribution in [0.2, 0.25) is 0 Å². The van der Waals surface area contributed by atoms with Crippen LogP contribution in [0.1, 0.15) is 47.1 Å². The Morgan fingerprint density at radius 3 is 2.30 bits per heavy atom. The standard InChI is InChI=1S/C24H24N4O2/c1-4-6-23(29)26-19-7-5-8-20(14-19)27-24(30)22-13-16(2)28(17(22)3)21-11-9-18(15-25)10-12-21/h5,7-14H,4,6H2,1-3H3,(H,26,29)(H,27,30). The van der Waals surface area contributed by atoms with Gasteiger partial charge in [-0.05, 0) is 68.8 Å². The van der Waals surface area contributed by atoms with Crippen molar-refractivity contribution in [1.82, 2.24) is 4.57 Å². The first-order valence-electron chi connectivity index (χ1n) is 9.83. The van der Waals surface area contributed by atoms with Gasteiger partial charge in [0.05, 0.1) is 17.2 Å². The van der Waals surface area contributed by atoms with Crippen LogP contribution in [-0.4, -0.2) is 16.4 Å². The minimum absolute atomic E-state index is 0.0491. The van der Waals surface area contributed by atoms with Crippen molar-refractivity contribution >= 4 is 23.2 Å². The van der Waals surface area contributed by atoms with Crippen molar-refractivity contribution in [2.75, 3.05) is 10.6 Å². The maximum atomic E-state index is 12.9. The van der Waals surface area contributed by atoms with Crippen LogP contribution >= 0.6 is 0 Å². The molecule has 0 unspecified atom stereocenters. The van der Waals surface area contributed by atoms with E-state index in [-0.39, 0.29) is 11.8 Å². The van der Waals surface area contributed by atoms with E-state index >= 15 is 0 Å². The Hall–Kier alpha value is -3.85. The van der Waals surface area contributed by atoms with Gasteiger partial charge in [-0.25, -0.2) is 0 Å². The molecule has 0 atom stereocenters. The lowest BCUT2D eigenvalue weighted by Crippen LogP contribution is -2.14. The summed E-state index contributed by atoms with van der Waals surface area (Å²) < 4.78 is 1.98. The molecular formula is C24H24N4O2. The summed E-state index contributed by atoms with van der Waals surface area (Å²) in [7, 11) is 0. The largest absolute Gasteiger partial charge is 0.326 e. The van der Waals surface area contributed by atoms with E-state index in [0.29, 0.717) is 28.9 Å². The van der Waals surface area contributed by atoms with Crippen molar-refractivity contribution in [2.45, 2.75) is 33.6 Å². The highest BCUT2D eigenvalue weighted by Gasteiger charge is 2.17. The van der Waals surface area contributed by atoms with Crippen LogP contribution in [0.3, 0.4) is 0 Å². The van der Waals surface area contributed by atoms with Crippen LogP contribution < -0.4 is 10.6 Å². The van der Waals surface area contributed by atoms with Gasteiger partial charge in [-0.3, -0.25) is 9.59 Å². The molecule has 30 heavy (non-hydrogen) atoms. The van der Waals surface area contributed by atoms with Gasteiger partial charge in [0.25, 0.3) is 5.91 Å². The van der Waals surface area contributed by atoms with Gasteiger partial charge in [0.2, 0.25) is 5.91 Å². The minimum atomic E-state index is -0.222. The zero-order chi connectivity index (χ0) is 21.7. The molecule has 3 aromatic rings. The Bertz CT molecular complexity index is 1120. The Balaban J connectivity index is 1.81. The number of hydrogen-bond donors (Lipinski definition) is 2. The molecule has 3 rings (SSSR count). The molecule has 1 heterocycles. The van der Waals surface area contributed by atoms with Gasteiger partial charge < -0.3 is 15.2 Å². The van der Waals surface area contributed by atoms with Gasteiger partial charge >= 0.3 is 0 Å². The molecule has 0 saturated carbocycles. The summed E-state index contributed by atoms with van der Waals surface area (Å²) in [5, 5.41) is 14.7. The highest BCUT2D eigenvalue weighted by atomic mass is 16.2. The molecule has 0 saturated heterocycles. The van der Waals surface area contributed by atoms with E-state index in [0.717, 1.165) is 23.5 Å². The van der Waals surface area contributed by atoms with Crippen molar-refractivity contribution < 1.29 is 9.59 Å². The molecule has 1 aromatic heterocycles. The van der Waals surface area contributed by atoms with E-state index in [1.165, 1.54) is 0 Å².